The van der Waals surface area contributed by atoms with Gasteiger partial charge in [0, 0.05) is 29.0 Å². The summed E-state index contributed by atoms with van der Waals surface area (Å²) in [6.45, 7) is 0. The number of rotatable bonds is 6. The molecule has 0 bridgehead atoms. The lowest BCUT2D eigenvalue weighted by atomic mass is 9.94. The maximum absolute atomic E-state index is 13.2. The molecule has 4 rings (SSSR count). The summed E-state index contributed by atoms with van der Waals surface area (Å²) in [7, 11) is 0. The Morgan fingerprint density at radius 1 is 1.07 bits per heavy atom. The number of anilines is 1. The molecule has 2 heterocycles. The van der Waals surface area contributed by atoms with E-state index in [1.807, 2.05) is 36.4 Å². The van der Waals surface area contributed by atoms with E-state index in [9.17, 15) is 14.7 Å². The molecule has 0 saturated heterocycles. The molecule has 0 saturated carbocycles. The fourth-order valence-corrected chi connectivity index (χ4v) is 4.06. The third-order valence-corrected chi connectivity index (χ3v) is 5.57. The third-order valence-electron chi connectivity index (χ3n) is 5.08. The summed E-state index contributed by atoms with van der Waals surface area (Å²) in [5, 5.41) is 10.7. The molecule has 150 valence electrons. The first-order valence-corrected chi connectivity index (χ1v) is 10.3. The topological polar surface area (TPSA) is 70.5 Å². The van der Waals surface area contributed by atoms with Gasteiger partial charge in [-0.1, -0.05) is 58.4 Å². The molecule has 0 fully saturated rings. The van der Waals surface area contributed by atoms with Crippen molar-refractivity contribution in [1.29, 1.82) is 0 Å². The number of aryl methyl sites for hydroxylation is 1. The molecule has 6 heteroatoms. The first-order chi connectivity index (χ1) is 14.6. The summed E-state index contributed by atoms with van der Waals surface area (Å²) in [6, 6.07) is 19.7. The molecule has 0 aliphatic carbocycles. The first kappa shape index (κ1) is 20.0. The molecule has 1 unspecified atom stereocenters. The van der Waals surface area contributed by atoms with E-state index in [0.717, 1.165) is 10.0 Å². The largest absolute Gasteiger partial charge is 0.503 e. The van der Waals surface area contributed by atoms with Crippen molar-refractivity contribution < 1.29 is 14.7 Å². The number of benzene rings is 2. The number of hydrogen-bond acceptors (Lipinski definition) is 4. The number of amides is 1. The highest BCUT2D eigenvalue weighted by Crippen LogP contribution is 2.41. The third kappa shape index (κ3) is 3.91. The molecule has 1 N–H and O–H groups in total. The van der Waals surface area contributed by atoms with Crippen LogP contribution in [0.15, 0.2) is 94.9 Å². The molecule has 1 aromatic heterocycles. The summed E-state index contributed by atoms with van der Waals surface area (Å²) in [5.74, 6) is -1.34. The SMILES string of the molecule is O=C(CCc1ccccc1)C1=C(O)C(=O)N(c2cccc(Br)c2)C1c1cccnc1. The number of nitrogens with zero attached hydrogens (tertiary/aromatic N) is 2. The summed E-state index contributed by atoms with van der Waals surface area (Å²) in [4.78, 5) is 31.8. The number of aromatic nitrogens is 1. The average Bonchev–Trinajstić information content (AvgIpc) is 3.04. The van der Waals surface area contributed by atoms with Gasteiger partial charge in [-0.3, -0.25) is 19.5 Å². The fraction of sp³-hybridized carbons (Fsp3) is 0.125. The lowest BCUT2D eigenvalue weighted by Gasteiger charge is -2.26. The maximum atomic E-state index is 13.2. The van der Waals surface area contributed by atoms with Gasteiger partial charge in [-0.05, 0) is 41.8 Å². The van der Waals surface area contributed by atoms with E-state index in [1.165, 1.54) is 4.90 Å². The smallest absolute Gasteiger partial charge is 0.294 e. The Morgan fingerprint density at radius 3 is 2.57 bits per heavy atom. The molecule has 5 nitrogen and oxygen atoms in total. The minimum Gasteiger partial charge on any atom is -0.503 e. The van der Waals surface area contributed by atoms with Crippen LogP contribution in [0.1, 0.15) is 23.6 Å². The van der Waals surface area contributed by atoms with E-state index < -0.39 is 17.7 Å². The van der Waals surface area contributed by atoms with E-state index in [0.29, 0.717) is 17.7 Å². The van der Waals surface area contributed by atoms with Crippen LogP contribution in [0.4, 0.5) is 5.69 Å². The van der Waals surface area contributed by atoms with Crippen LogP contribution in [0.2, 0.25) is 0 Å². The van der Waals surface area contributed by atoms with Gasteiger partial charge in [0.25, 0.3) is 5.91 Å². The summed E-state index contributed by atoms with van der Waals surface area (Å²) >= 11 is 3.42. The lowest BCUT2D eigenvalue weighted by molar-refractivity contribution is -0.118. The molecule has 1 aliphatic heterocycles. The molecule has 30 heavy (non-hydrogen) atoms. The van der Waals surface area contributed by atoms with Crippen LogP contribution in [0.25, 0.3) is 0 Å². The van der Waals surface area contributed by atoms with Crippen LogP contribution in [-0.2, 0) is 16.0 Å². The highest BCUT2D eigenvalue weighted by atomic mass is 79.9. The van der Waals surface area contributed by atoms with Crippen molar-refractivity contribution in [3.8, 4) is 0 Å². The summed E-state index contributed by atoms with van der Waals surface area (Å²) < 4.78 is 0.793. The number of ketones is 1. The number of pyridine rings is 1. The zero-order chi connectivity index (χ0) is 21.1. The van der Waals surface area contributed by atoms with E-state index >= 15 is 0 Å². The van der Waals surface area contributed by atoms with Gasteiger partial charge in [0.1, 0.15) is 0 Å². The fourth-order valence-electron chi connectivity index (χ4n) is 3.67. The Morgan fingerprint density at radius 2 is 1.87 bits per heavy atom. The normalized spacial score (nSPS) is 16.2. The Kier molecular flexibility index (Phi) is 5.77. The van der Waals surface area contributed by atoms with Crippen LogP contribution in [0.3, 0.4) is 0 Å². The van der Waals surface area contributed by atoms with Gasteiger partial charge in [0.2, 0.25) is 0 Å². The number of hydrogen-bond donors (Lipinski definition) is 1. The molecule has 1 atom stereocenters. The average molecular weight is 463 g/mol. The van der Waals surface area contributed by atoms with Crippen molar-refractivity contribution in [2.75, 3.05) is 4.90 Å². The Labute approximate surface area is 182 Å². The van der Waals surface area contributed by atoms with Crippen LogP contribution in [-0.4, -0.2) is 21.8 Å². The highest BCUT2D eigenvalue weighted by molar-refractivity contribution is 9.10. The first-order valence-electron chi connectivity index (χ1n) is 9.55. The van der Waals surface area contributed by atoms with Crippen LogP contribution in [0, 0.1) is 0 Å². The Bertz CT molecular complexity index is 1110. The molecular formula is C24H19BrN2O3. The van der Waals surface area contributed by atoms with Crippen LogP contribution < -0.4 is 4.90 Å². The van der Waals surface area contributed by atoms with Gasteiger partial charge in [-0.2, -0.15) is 0 Å². The second kappa shape index (κ2) is 8.63. The van der Waals surface area contributed by atoms with Crippen molar-refractivity contribution in [3.63, 3.8) is 0 Å². The van der Waals surface area contributed by atoms with E-state index in [2.05, 4.69) is 20.9 Å². The number of Topliss-reactive ketones (excluding diaryl/α,β-unsaturated/α-hetero) is 1. The molecule has 0 radical (unpaired) electrons. The van der Waals surface area contributed by atoms with Gasteiger partial charge >= 0.3 is 0 Å². The lowest BCUT2D eigenvalue weighted by Crippen LogP contribution is -2.31. The van der Waals surface area contributed by atoms with E-state index in [1.54, 1.807) is 42.7 Å². The monoisotopic (exact) mass is 462 g/mol. The number of aliphatic hydroxyl groups is 1. The highest BCUT2D eigenvalue weighted by Gasteiger charge is 2.44. The number of carbonyl (C=O) groups excluding carboxylic acids is 2. The van der Waals surface area contributed by atoms with Crippen LogP contribution >= 0.6 is 15.9 Å². The van der Waals surface area contributed by atoms with Crippen molar-refractivity contribution in [2.45, 2.75) is 18.9 Å². The zero-order valence-electron chi connectivity index (χ0n) is 16.0. The standard InChI is InChI=1S/C24H19BrN2O3/c25-18-9-4-10-19(14-18)27-22(17-8-5-13-26-15-17)21(23(29)24(27)30)20(28)12-11-16-6-2-1-3-7-16/h1-10,13-15,22,29H,11-12H2. The number of aliphatic hydroxyl groups excluding tert-OH is 1. The number of carbonyl (C=O) groups is 2. The van der Waals surface area contributed by atoms with Crippen molar-refractivity contribution in [2.24, 2.45) is 0 Å². The van der Waals surface area contributed by atoms with Crippen molar-refractivity contribution in [3.05, 3.63) is 106 Å². The van der Waals surface area contributed by atoms with E-state index in [-0.39, 0.29) is 17.8 Å². The predicted octanol–water partition coefficient (Wildman–Crippen LogP) is 4.95. The van der Waals surface area contributed by atoms with Gasteiger partial charge in [-0.15, -0.1) is 0 Å². The van der Waals surface area contributed by atoms with Crippen molar-refractivity contribution >= 4 is 33.3 Å². The van der Waals surface area contributed by atoms with Gasteiger partial charge < -0.3 is 5.11 Å². The second-order valence-electron chi connectivity index (χ2n) is 7.01. The maximum Gasteiger partial charge on any atom is 0.294 e. The predicted molar refractivity (Wildman–Crippen MR) is 118 cm³/mol. The minimum atomic E-state index is -0.733. The minimum absolute atomic E-state index is 0.115. The second-order valence-corrected chi connectivity index (χ2v) is 7.93. The summed E-state index contributed by atoms with van der Waals surface area (Å²) in [6.07, 6.45) is 3.97. The molecule has 1 amide bonds. The van der Waals surface area contributed by atoms with Gasteiger partial charge in [0.05, 0.1) is 11.6 Å². The van der Waals surface area contributed by atoms with E-state index in [4.69, 9.17) is 0 Å². The molecule has 3 aromatic rings. The quantitative estimate of drug-likeness (QED) is 0.562. The molecular weight excluding hydrogens is 444 g/mol. The van der Waals surface area contributed by atoms with Crippen molar-refractivity contribution in [1.82, 2.24) is 4.98 Å². The Hall–Kier alpha value is -3.25. The van der Waals surface area contributed by atoms with Crippen LogP contribution in [0.5, 0.6) is 0 Å². The molecule has 1 aliphatic rings. The Balaban J connectivity index is 1.72. The van der Waals surface area contributed by atoms with Gasteiger partial charge in [-0.25, -0.2) is 0 Å². The summed E-state index contributed by atoms with van der Waals surface area (Å²) in [5.41, 5.74) is 2.39. The molecule has 2 aromatic carbocycles. The molecule has 0 spiro atoms. The van der Waals surface area contributed by atoms with Gasteiger partial charge in [0.15, 0.2) is 11.5 Å². The number of halogens is 1. The zero-order valence-corrected chi connectivity index (χ0v) is 17.6.